The number of nitrogens with two attached hydrogens (primary N) is 1. The van der Waals surface area contributed by atoms with Gasteiger partial charge in [-0.15, -0.1) is 0 Å². The highest BCUT2D eigenvalue weighted by Gasteiger charge is 2.22. The van der Waals surface area contributed by atoms with Gasteiger partial charge >= 0.3 is 0 Å². The van der Waals surface area contributed by atoms with Gasteiger partial charge in [-0.25, -0.2) is 15.8 Å². The molecule has 0 saturated heterocycles. The lowest BCUT2D eigenvalue weighted by molar-refractivity contribution is -0.121. The van der Waals surface area contributed by atoms with Crippen molar-refractivity contribution in [2.75, 3.05) is 17.3 Å². The molecule has 2 rings (SSSR count). The van der Waals surface area contributed by atoms with Gasteiger partial charge in [-0.1, -0.05) is 0 Å². The van der Waals surface area contributed by atoms with Gasteiger partial charge in [-0.3, -0.25) is 4.79 Å². The van der Waals surface area contributed by atoms with Crippen molar-refractivity contribution in [1.82, 2.24) is 15.3 Å². The number of nitrogens with zero attached hydrogens (tertiary/aromatic N) is 2. The van der Waals surface area contributed by atoms with Gasteiger partial charge in [0.25, 0.3) is 0 Å². The summed E-state index contributed by atoms with van der Waals surface area (Å²) in [5.41, 5.74) is 3.43. The van der Waals surface area contributed by atoms with E-state index >= 15 is 0 Å². The first-order valence-corrected chi connectivity index (χ1v) is 6.95. The lowest BCUT2D eigenvalue weighted by Crippen LogP contribution is -2.25. The maximum Gasteiger partial charge on any atom is 0.220 e. The van der Waals surface area contributed by atoms with Gasteiger partial charge in [0.05, 0.1) is 0 Å². The summed E-state index contributed by atoms with van der Waals surface area (Å²) in [6.45, 7) is 4.41. The zero-order valence-electron chi connectivity index (χ0n) is 12.0. The first-order chi connectivity index (χ1) is 9.60. The van der Waals surface area contributed by atoms with Crippen molar-refractivity contribution in [3.05, 3.63) is 11.4 Å². The van der Waals surface area contributed by atoms with Crippen LogP contribution >= 0.6 is 0 Å². The molecule has 0 atom stereocenters. The zero-order chi connectivity index (χ0) is 14.5. The van der Waals surface area contributed by atoms with Crippen LogP contribution in [-0.2, 0) is 4.79 Å². The van der Waals surface area contributed by atoms with Gasteiger partial charge in [-0.2, -0.15) is 0 Å². The summed E-state index contributed by atoms with van der Waals surface area (Å²) in [5.74, 6) is 7.57. The highest BCUT2D eigenvalue weighted by molar-refractivity contribution is 5.76. The van der Waals surface area contributed by atoms with Crippen LogP contribution in [0.1, 0.15) is 37.1 Å². The van der Waals surface area contributed by atoms with E-state index in [2.05, 4.69) is 26.0 Å². The topological polar surface area (TPSA) is 105 Å². The Morgan fingerprint density at radius 3 is 2.65 bits per heavy atom. The van der Waals surface area contributed by atoms with Crippen LogP contribution in [0.25, 0.3) is 0 Å². The van der Waals surface area contributed by atoms with Crippen LogP contribution in [0, 0.1) is 13.8 Å². The van der Waals surface area contributed by atoms with Crippen LogP contribution < -0.4 is 21.9 Å². The standard InChI is InChI=1S/C13H22N6O/c1-8-12(16-9(2)17-13(8)19-14)15-7-3-4-11(20)18-10-5-6-10/h10H,3-7,14H2,1-2H3,(H,18,20)(H2,15,16,17,19). The molecule has 0 aliphatic heterocycles. The van der Waals surface area contributed by atoms with Gasteiger partial charge < -0.3 is 16.1 Å². The molecule has 20 heavy (non-hydrogen) atoms. The number of hydrogen-bond donors (Lipinski definition) is 4. The average molecular weight is 278 g/mol. The van der Waals surface area contributed by atoms with Crippen molar-refractivity contribution in [2.45, 2.75) is 45.6 Å². The maximum absolute atomic E-state index is 11.5. The van der Waals surface area contributed by atoms with E-state index in [1.165, 1.54) is 0 Å². The molecule has 1 aromatic heterocycles. The first-order valence-electron chi connectivity index (χ1n) is 6.95. The largest absolute Gasteiger partial charge is 0.370 e. The summed E-state index contributed by atoms with van der Waals surface area (Å²) in [4.78, 5) is 20.1. The fourth-order valence-electron chi connectivity index (χ4n) is 1.92. The fourth-order valence-corrected chi connectivity index (χ4v) is 1.92. The summed E-state index contributed by atoms with van der Waals surface area (Å²) in [6, 6.07) is 0.431. The summed E-state index contributed by atoms with van der Waals surface area (Å²) in [6.07, 6.45) is 3.55. The number of carbonyl (C=O) groups excluding carboxylic acids is 1. The van der Waals surface area contributed by atoms with Crippen molar-refractivity contribution in [3.8, 4) is 0 Å². The lowest BCUT2D eigenvalue weighted by Gasteiger charge is -2.12. The third kappa shape index (κ3) is 4.06. The van der Waals surface area contributed by atoms with Crippen LogP contribution in [0.2, 0.25) is 0 Å². The quantitative estimate of drug-likeness (QED) is 0.335. The van der Waals surface area contributed by atoms with E-state index in [1.807, 2.05) is 13.8 Å². The molecule has 0 bridgehead atoms. The number of hydrazine groups is 1. The number of amides is 1. The molecule has 5 N–H and O–H groups in total. The molecule has 7 heteroatoms. The van der Waals surface area contributed by atoms with Crippen molar-refractivity contribution in [1.29, 1.82) is 0 Å². The van der Waals surface area contributed by atoms with Crippen LogP contribution in [0.4, 0.5) is 11.6 Å². The van der Waals surface area contributed by atoms with Gasteiger partial charge in [-0.05, 0) is 33.1 Å². The smallest absolute Gasteiger partial charge is 0.220 e. The summed E-state index contributed by atoms with van der Waals surface area (Å²) >= 11 is 0. The van der Waals surface area contributed by atoms with Crippen LogP contribution in [0.15, 0.2) is 0 Å². The SMILES string of the molecule is Cc1nc(NN)c(C)c(NCCCC(=O)NC2CC2)n1. The molecular formula is C13H22N6O. The monoisotopic (exact) mass is 278 g/mol. The van der Waals surface area contributed by atoms with Gasteiger partial charge in [0.1, 0.15) is 17.5 Å². The lowest BCUT2D eigenvalue weighted by atomic mass is 10.2. The average Bonchev–Trinajstić information content (AvgIpc) is 3.21. The van der Waals surface area contributed by atoms with Crippen molar-refractivity contribution in [2.24, 2.45) is 5.84 Å². The highest BCUT2D eigenvalue weighted by Crippen LogP contribution is 2.19. The third-order valence-electron chi connectivity index (χ3n) is 3.21. The normalized spacial score (nSPS) is 13.9. The molecule has 1 heterocycles. The predicted octanol–water partition coefficient (Wildman–Crippen LogP) is 0.850. The number of hydrogen-bond acceptors (Lipinski definition) is 6. The number of carbonyl (C=O) groups is 1. The molecule has 1 aliphatic carbocycles. The molecule has 1 aliphatic rings. The van der Waals surface area contributed by atoms with Crippen molar-refractivity contribution >= 4 is 17.5 Å². The van der Waals surface area contributed by atoms with Crippen LogP contribution in [0.3, 0.4) is 0 Å². The summed E-state index contributed by atoms with van der Waals surface area (Å²) in [7, 11) is 0. The molecule has 110 valence electrons. The molecule has 0 aromatic carbocycles. The molecule has 1 aromatic rings. The van der Waals surface area contributed by atoms with E-state index in [1.54, 1.807) is 0 Å². The van der Waals surface area contributed by atoms with E-state index in [0.29, 0.717) is 30.6 Å². The number of nitrogens with one attached hydrogen (secondary N) is 3. The number of aromatic nitrogens is 2. The molecule has 0 radical (unpaired) electrons. The minimum atomic E-state index is 0.134. The van der Waals surface area contributed by atoms with Crippen molar-refractivity contribution < 1.29 is 4.79 Å². The molecule has 0 unspecified atom stereocenters. The van der Waals surface area contributed by atoms with Gasteiger partial charge in [0.2, 0.25) is 5.91 Å². The summed E-state index contributed by atoms with van der Waals surface area (Å²) < 4.78 is 0. The number of nitrogen functional groups attached to an aromatic ring is 1. The molecule has 1 fully saturated rings. The molecule has 0 spiro atoms. The van der Waals surface area contributed by atoms with Crippen LogP contribution in [0.5, 0.6) is 0 Å². The molecular weight excluding hydrogens is 256 g/mol. The predicted molar refractivity (Wildman–Crippen MR) is 78.2 cm³/mol. The Kier molecular flexibility index (Phi) is 4.73. The Morgan fingerprint density at radius 1 is 1.30 bits per heavy atom. The van der Waals surface area contributed by atoms with Crippen LogP contribution in [-0.4, -0.2) is 28.5 Å². The highest BCUT2D eigenvalue weighted by atomic mass is 16.1. The second-order valence-electron chi connectivity index (χ2n) is 5.11. The number of anilines is 2. The van der Waals surface area contributed by atoms with E-state index < -0.39 is 0 Å². The Balaban J connectivity index is 1.78. The van der Waals surface area contributed by atoms with E-state index in [-0.39, 0.29) is 5.91 Å². The zero-order valence-corrected chi connectivity index (χ0v) is 12.0. The summed E-state index contributed by atoms with van der Waals surface area (Å²) in [5, 5.41) is 6.20. The van der Waals surface area contributed by atoms with E-state index in [0.717, 1.165) is 30.6 Å². The first kappa shape index (κ1) is 14.5. The molecule has 7 nitrogen and oxygen atoms in total. The Bertz CT molecular complexity index is 486. The molecule has 1 amide bonds. The number of rotatable bonds is 7. The Morgan fingerprint density at radius 2 is 2.00 bits per heavy atom. The van der Waals surface area contributed by atoms with Gasteiger partial charge in [0, 0.05) is 24.6 Å². The van der Waals surface area contributed by atoms with E-state index in [4.69, 9.17) is 5.84 Å². The third-order valence-corrected chi connectivity index (χ3v) is 3.21. The molecule has 1 saturated carbocycles. The Hall–Kier alpha value is -1.89. The minimum absolute atomic E-state index is 0.134. The second-order valence-corrected chi connectivity index (χ2v) is 5.11. The van der Waals surface area contributed by atoms with E-state index in [9.17, 15) is 4.79 Å². The maximum atomic E-state index is 11.5. The van der Waals surface area contributed by atoms with Crippen molar-refractivity contribution in [3.63, 3.8) is 0 Å². The number of aryl methyl sites for hydroxylation is 1. The Labute approximate surface area is 118 Å². The van der Waals surface area contributed by atoms with Gasteiger partial charge in [0.15, 0.2) is 0 Å². The fraction of sp³-hybridized carbons (Fsp3) is 0.615. The second kappa shape index (κ2) is 6.51. The minimum Gasteiger partial charge on any atom is -0.370 e.